The van der Waals surface area contributed by atoms with Crippen LogP contribution < -0.4 is 5.32 Å². The number of thiol groups is 1. The summed E-state index contributed by atoms with van der Waals surface area (Å²) in [6.45, 7) is 1.96. The summed E-state index contributed by atoms with van der Waals surface area (Å²) in [5.41, 5.74) is 1.31. The average Bonchev–Trinajstić information content (AvgIpc) is 2.15. The number of hydrogen-bond donors (Lipinski definition) is 2. The van der Waals surface area contributed by atoms with Crippen LogP contribution in [0.25, 0.3) is 0 Å². The van der Waals surface area contributed by atoms with Crippen LogP contribution in [-0.2, 0) is 6.54 Å². The van der Waals surface area contributed by atoms with E-state index in [-0.39, 0.29) is 0 Å². The average molecular weight is 260 g/mol. The molecule has 0 aliphatic carbocycles. The molecular formula is C10H14BrNS. The highest BCUT2D eigenvalue weighted by Gasteiger charge is 1.96. The molecule has 1 nitrogen and oxygen atoms in total. The van der Waals surface area contributed by atoms with Crippen LogP contribution in [0.1, 0.15) is 12.0 Å². The summed E-state index contributed by atoms with van der Waals surface area (Å²) < 4.78 is 1.17. The molecule has 0 spiro atoms. The number of nitrogens with one attached hydrogen (secondary N) is 1. The number of benzene rings is 1. The fourth-order valence-electron chi connectivity index (χ4n) is 1.07. The van der Waals surface area contributed by atoms with Crippen molar-refractivity contribution in [2.45, 2.75) is 13.0 Å². The van der Waals surface area contributed by atoms with Gasteiger partial charge in [-0.25, -0.2) is 0 Å². The van der Waals surface area contributed by atoms with Crippen molar-refractivity contribution < 1.29 is 0 Å². The van der Waals surface area contributed by atoms with E-state index in [9.17, 15) is 0 Å². The SMILES string of the molecule is SCCCNCc1ccccc1Br. The van der Waals surface area contributed by atoms with Crippen LogP contribution in [0.15, 0.2) is 28.7 Å². The standard InChI is InChI=1S/C10H14BrNS/c11-10-5-2-1-4-9(10)8-12-6-3-7-13/h1-2,4-5,12-13H,3,6-8H2. The van der Waals surface area contributed by atoms with Gasteiger partial charge in [-0.3, -0.25) is 0 Å². The molecule has 0 saturated carbocycles. The van der Waals surface area contributed by atoms with Crippen molar-refractivity contribution in [1.82, 2.24) is 5.32 Å². The smallest absolute Gasteiger partial charge is 0.0220 e. The predicted molar refractivity (Wildman–Crippen MR) is 64.3 cm³/mol. The fourth-order valence-corrected chi connectivity index (χ4v) is 1.65. The van der Waals surface area contributed by atoms with Gasteiger partial charge in [-0.05, 0) is 30.3 Å². The molecule has 0 saturated heterocycles. The largest absolute Gasteiger partial charge is 0.313 e. The van der Waals surface area contributed by atoms with E-state index in [1.165, 1.54) is 10.0 Å². The quantitative estimate of drug-likeness (QED) is 0.612. The third-order valence-electron chi connectivity index (χ3n) is 1.78. The highest BCUT2D eigenvalue weighted by molar-refractivity contribution is 9.10. The summed E-state index contributed by atoms with van der Waals surface area (Å²) in [6.07, 6.45) is 1.12. The van der Waals surface area contributed by atoms with Gasteiger partial charge in [-0.15, -0.1) is 0 Å². The Kier molecular flexibility index (Phi) is 5.51. The lowest BCUT2D eigenvalue weighted by Gasteiger charge is -2.05. The minimum Gasteiger partial charge on any atom is -0.313 e. The summed E-state index contributed by atoms with van der Waals surface area (Å²) >= 11 is 7.66. The van der Waals surface area contributed by atoms with Crippen molar-refractivity contribution in [3.8, 4) is 0 Å². The van der Waals surface area contributed by atoms with Gasteiger partial charge in [0.05, 0.1) is 0 Å². The van der Waals surface area contributed by atoms with Gasteiger partial charge in [0.1, 0.15) is 0 Å². The van der Waals surface area contributed by atoms with Gasteiger partial charge in [-0.2, -0.15) is 12.6 Å². The molecule has 0 aromatic heterocycles. The molecule has 0 heterocycles. The second kappa shape index (κ2) is 6.46. The maximum Gasteiger partial charge on any atom is 0.0220 e. The molecule has 0 fully saturated rings. The first-order valence-corrected chi connectivity index (χ1v) is 5.82. The van der Waals surface area contributed by atoms with Gasteiger partial charge in [-0.1, -0.05) is 34.1 Å². The summed E-state index contributed by atoms with van der Waals surface area (Å²) in [5, 5.41) is 3.36. The van der Waals surface area contributed by atoms with Gasteiger partial charge in [0.25, 0.3) is 0 Å². The molecule has 1 aromatic rings. The Labute approximate surface area is 93.5 Å². The van der Waals surface area contributed by atoms with Gasteiger partial charge in [0.2, 0.25) is 0 Å². The maximum atomic E-state index is 4.15. The molecule has 3 heteroatoms. The molecule has 13 heavy (non-hydrogen) atoms. The summed E-state index contributed by atoms with van der Waals surface area (Å²) in [6, 6.07) is 8.27. The van der Waals surface area contributed by atoms with E-state index >= 15 is 0 Å². The molecule has 1 rings (SSSR count). The molecule has 72 valence electrons. The zero-order valence-corrected chi connectivity index (χ0v) is 9.94. The first-order valence-electron chi connectivity index (χ1n) is 4.39. The van der Waals surface area contributed by atoms with E-state index in [0.717, 1.165) is 25.3 Å². The minimum atomic E-state index is 0.926. The molecule has 1 N–H and O–H groups in total. The number of rotatable bonds is 5. The van der Waals surface area contributed by atoms with Crippen LogP contribution >= 0.6 is 28.6 Å². The van der Waals surface area contributed by atoms with Gasteiger partial charge in [0.15, 0.2) is 0 Å². The number of hydrogen-bond acceptors (Lipinski definition) is 2. The van der Waals surface area contributed by atoms with Gasteiger partial charge < -0.3 is 5.32 Å². The Morgan fingerprint density at radius 2 is 2.08 bits per heavy atom. The molecule has 0 radical (unpaired) electrons. The van der Waals surface area contributed by atoms with Crippen LogP contribution in [0.5, 0.6) is 0 Å². The molecular weight excluding hydrogens is 246 g/mol. The summed E-state index contributed by atoms with van der Waals surface area (Å²) in [5.74, 6) is 0.947. The lowest BCUT2D eigenvalue weighted by Crippen LogP contribution is -2.15. The van der Waals surface area contributed by atoms with Crippen molar-refractivity contribution >= 4 is 28.6 Å². The van der Waals surface area contributed by atoms with E-state index in [1.54, 1.807) is 0 Å². The van der Waals surface area contributed by atoms with E-state index in [0.29, 0.717) is 0 Å². The van der Waals surface area contributed by atoms with Crippen molar-refractivity contribution in [3.63, 3.8) is 0 Å². The lowest BCUT2D eigenvalue weighted by atomic mass is 10.2. The highest BCUT2D eigenvalue weighted by atomic mass is 79.9. The van der Waals surface area contributed by atoms with Crippen LogP contribution in [0.2, 0.25) is 0 Å². The molecule has 0 amide bonds. The Hall–Kier alpha value is 0.01000. The minimum absolute atomic E-state index is 0.926. The second-order valence-electron chi connectivity index (χ2n) is 2.85. The first kappa shape index (κ1) is 11.1. The predicted octanol–water partition coefficient (Wildman–Crippen LogP) is 2.86. The first-order chi connectivity index (χ1) is 6.34. The van der Waals surface area contributed by atoms with E-state index < -0.39 is 0 Å². The number of halogens is 1. The van der Waals surface area contributed by atoms with Crippen LogP contribution in [-0.4, -0.2) is 12.3 Å². The second-order valence-corrected chi connectivity index (χ2v) is 4.15. The van der Waals surface area contributed by atoms with E-state index in [4.69, 9.17) is 0 Å². The Balaban J connectivity index is 2.32. The molecule has 0 atom stereocenters. The maximum absolute atomic E-state index is 4.15. The normalized spacial score (nSPS) is 10.3. The fraction of sp³-hybridized carbons (Fsp3) is 0.400. The van der Waals surface area contributed by atoms with Crippen molar-refractivity contribution in [2.24, 2.45) is 0 Å². The van der Waals surface area contributed by atoms with E-state index in [1.807, 2.05) is 6.07 Å². The van der Waals surface area contributed by atoms with Crippen LogP contribution in [0.4, 0.5) is 0 Å². The van der Waals surface area contributed by atoms with Gasteiger partial charge >= 0.3 is 0 Å². The molecule has 0 bridgehead atoms. The summed E-state index contributed by atoms with van der Waals surface area (Å²) in [4.78, 5) is 0. The molecule has 0 unspecified atom stereocenters. The highest BCUT2D eigenvalue weighted by Crippen LogP contribution is 2.15. The Morgan fingerprint density at radius 1 is 1.31 bits per heavy atom. The molecule has 1 aromatic carbocycles. The molecule has 0 aliphatic rings. The van der Waals surface area contributed by atoms with Gasteiger partial charge in [0, 0.05) is 11.0 Å². The van der Waals surface area contributed by atoms with Crippen LogP contribution in [0, 0.1) is 0 Å². The van der Waals surface area contributed by atoms with Crippen molar-refractivity contribution in [1.29, 1.82) is 0 Å². The van der Waals surface area contributed by atoms with E-state index in [2.05, 4.69) is 52.1 Å². The zero-order chi connectivity index (χ0) is 9.52. The topological polar surface area (TPSA) is 12.0 Å². The molecule has 0 aliphatic heterocycles. The van der Waals surface area contributed by atoms with Crippen LogP contribution in [0.3, 0.4) is 0 Å². The van der Waals surface area contributed by atoms with Crippen molar-refractivity contribution in [3.05, 3.63) is 34.3 Å². The third-order valence-corrected chi connectivity index (χ3v) is 2.87. The Bertz CT molecular complexity index is 252. The zero-order valence-electron chi connectivity index (χ0n) is 7.46. The monoisotopic (exact) mass is 259 g/mol. The third kappa shape index (κ3) is 4.16. The lowest BCUT2D eigenvalue weighted by molar-refractivity contribution is 0.678. The summed E-state index contributed by atoms with van der Waals surface area (Å²) in [7, 11) is 0. The Morgan fingerprint density at radius 3 is 2.77 bits per heavy atom. The van der Waals surface area contributed by atoms with Crippen molar-refractivity contribution in [2.75, 3.05) is 12.3 Å².